The molecule has 0 fully saturated rings. The molecule has 0 nitrogen and oxygen atoms in total. The molecule has 0 unspecified atom stereocenters. The standard InChI is InChI=1S/C13H16/c1-5-6-7-13-11(3)9-8-10(2)12(13)4/h1,8-9H,6-7H2,2-4H3. The zero-order valence-electron chi connectivity index (χ0n) is 8.65. The summed E-state index contributed by atoms with van der Waals surface area (Å²) in [5.74, 6) is 2.69. The Kier molecular flexibility index (Phi) is 3.14. The Hall–Kier alpha value is -1.22. The molecule has 0 heterocycles. The molecule has 0 N–H and O–H groups in total. The quantitative estimate of drug-likeness (QED) is 0.601. The van der Waals surface area contributed by atoms with Gasteiger partial charge in [0.25, 0.3) is 0 Å². The van der Waals surface area contributed by atoms with E-state index in [1.165, 1.54) is 22.3 Å². The molecule has 1 aromatic carbocycles. The van der Waals surface area contributed by atoms with Crippen LogP contribution in [0.5, 0.6) is 0 Å². The van der Waals surface area contributed by atoms with Gasteiger partial charge in [-0.25, -0.2) is 0 Å². The van der Waals surface area contributed by atoms with Crippen molar-refractivity contribution in [3.63, 3.8) is 0 Å². The van der Waals surface area contributed by atoms with E-state index in [2.05, 4.69) is 38.8 Å². The summed E-state index contributed by atoms with van der Waals surface area (Å²) in [5.41, 5.74) is 5.55. The van der Waals surface area contributed by atoms with E-state index in [-0.39, 0.29) is 0 Å². The van der Waals surface area contributed by atoms with Crippen LogP contribution >= 0.6 is 0 Å². The molecule has 0 bridgehead atoms. The summed E-state index contributed by atoms with van der Waals surface area (Å²) in [6.07, 6.45) is 7.11. The van der Waals surface area contributed by atoms with E-state index in [1.54, 1.807) is 0 Å². The van der Waals surface area contributed by atoms with Gasteiger partial charge in [0.05, 0.1) is 0 Å². The largest absolute Gasteiger partial charge is 0.120 e. The molecule has 0 atom stereocenters. The van der Waals surface area contributed by atoms with Gasteiger partial charge in [0, 0.05) is 6.42 Å². The van der Waals surface area contributed by atoms with Gasteiger partial charge in [0.2, 0.25) is 0 Å². The molecule has 0 aliphatic heterocycles. The lowest BCUT2D eigenvalue weighted by Gasteiger charge is -2.10. The third-order valence-corrected chi connectivity index (χ3v) is 2.62. The maximum Gasteiger partial charge on any atom is 0.0127 e. The highest BCUT2D eigenvalue weighted by atomic mass is 14.1. The molecule has 0 spiro atoms. The smallest absolute Gasteiger partial charge is 0.0127 e. The van der Waals surface area contributed by atoms with E-state index in [0.717, 1.165) is 12.8 Å². The summed E-state index contributed by atoms with van der Waals surface area (Å²) in [5, 5.41) is 0. The minimum Gasteiger partial charge on any atom is -0.120 e. The fourth-order valence-electron chi connectivity index (χ4n) is 1.59. The maximum atomic E-state index is 5.26. The highest BCUT2D eigenvalue weighted by Crippen LogP contribution is 2.18. The van der Waals surface area contributed by atoms with Crippen LogP contribution < -0.4 is 0 Å². The van der Waals surface area contributed by atoms with E-state index in [9.17, 15) is 0 Å². The number of hydrogen-bond acceptors (Lipinski definition) is 0. The van der Waals surface area contributed by atoms with Crippen LogP contribution in [0.15, 0.2) is 12.1 Å². The SMILES string of the molecule is C#CCCc1c(C)ccc(C)c1C. The van der Waals surface area contributed by atoms with Crippen molar-refractivity contribution in [2.75, 3.05) is 0 Å². The molecule has 0 saturated heterocycles. The van der Waals surface area contributed by atoms with E-state index >= 15 is 0 Å². The second-order valence-corrected chi connectivity index (χ2v) is 3.51. The van der Waals surface area contributed by atoms with Crippen molar-refractivity contribution in [1.82, 2.24) is 0 Å². The molecule has 0 saturated carbocycles. The normalized spacial score (nSPS) is 9.69. The minimum absolute atomic E-state index is 0.838. The first-order valence-corrected chi connectivity index (χ1v) is 4.66. The summed E-state index contributed by atoms with van der Waals surface area (Å²) in [6, 6.07) is 4.35. The Bertz CT molecular complexity index is 340. The van der Waals surface area contributed by atoms with Gasteiger partial charge in [-0.15, -0.1) is 12.3 Å². The molecule has 0 amide bonds. The van der Waals surface area contributed by atoms with E-state index in [0.29, 0.717) is 0 Å². The van der Waals surface area contributed by atoms with Crippen molar-refractivity contribution in [1.29, 1.82) is 0 Å². The van der Waals surface area contributed by atoms with Gasteiger partial charge < -0.3 is 0 Å². The van der Waals surface area contributed by atoms with Gasteiger partial charge in [0.1, 0.15) is 0 Å². The molecule has 1 aromatic rings. The molecule has 68 valence electrons. The monoisotopic (exact) mass is 172 g/mol. The topological polar surface area (TPSA) is 0 Å². The molecular weight excluding hydrogens is 156 g/mol. The Morgan fingerprint density at radius 2 is 1.77 bits per heavy atom. The summed E-state index contributed by atoms with van der Waals surface area (Å²) < 4.78 is 0. The first kappa shape index (κ1) is 9.86. The lowest BCUT2D eigenvalue weighted by Crippen LogP contribution is -1.95. The lowest BCUT2D eigenvalue weighted by molar-refractivity contribution is 0.988. The minimum atomic E-state index is 0.838. The molecular formula is C13H16. The molecule has 0 heteroatoms. The Morgan fingerprint density at radius 1 is 1.15 bits per heavy atom. The first-order chi connectivity index (χ1) is 6.16. The van der Waals surface area contributed by atoms with Gasteiger partial charge in [-0.3, -0.25) is 0 Å². The van der Waals surface area contributed by atoms with Crippen molar-refractivity contribution < 1.29 is 0 Å². The Balaban J connectivity index is 3.04. The number of aryl methyl sites for hydroxylation is 2. The predicted molar refractivity (Wildman–Crippen MR) is 57.8 cm³/mol. The summed E-state index contributed by atoms with van der Waals surface area (Å²) in [6.45, 7) is 6.47. The van der Waals surface area contributed by atoms with Crippen LogP contribution in [0.3, 0.4) is 0 Å². The van der Waals surface area contributed by atoms with Crippen molar-refractivity contribution in [2.45, 2.75) is 33.6 Å². The third-order valence-electron chi connectivity index (χ3n) is 2.62. The number of hydrogen-bond donors (Lipinski definition) is 0. The van der Waals surface area contributed by atoms with E-state index in [4.69, 9.17) is 6.42 Å². The molecule has 13 heavy (non-hydrogen) atoms. The lowest BCUT2D eigenvalue weighted by atomic mass is 9.95. The molecule has 0 aliphatic rings. The fraction of sp³-hybridized carbons (Fsp3) is 0.385. The molecule has 0 aliphatic carbocycles. The highest BCUT2D eigenvalue weighted by Gasteiger charge is 2.03. The highest BCUT2D eigenvalue weighted by molar-refractivity contribution is 5.39. The van der Waals surface area contributed by atoms with Crippen molar-refractivity contribution >= 4 is 0 Å². The maximum absolute atomic E-state index is 5.26. The van der Waals surface area contributed by atoms with Crippen LogP contribution in [0.4, 0.5) is 0 Å². The van der Waals surface area contributed by atoms with Crippen molar-refractivity contribution in [3.8, 4) is 12.3 Å². The fourth-order valence-corrected chi connectivity index (χ4v) is 1.59. The molecule has 0 radical (unpaired) electrons. The van der Waals surface area contributed by atoms with Gasteiger partial charge in [0.15, 0.2) is 0 Å². The second kappa shape index (κ2) is 4.14. The van der Waals surface area contributed by atoms with E-state index in [1.807, 2.05) is 0 Å². The van der Waals surface area contributed by atoms with Gasteiger partial charge in [-0.1, -0.05) is 12.1 Å². The van der Waals surface area contributed by atoms with Crippen LogP contribution in [0.1, 0.15) is 28.7 Å². The number of benzene rings is 1. The van der Waals surface area contributed by atoms with E-state index < -0.39 is 0 Å². The average molecular weight is 172 g/mol. The zero-order valence-corrected chi connectivity index (χ0v) is 8.65. The van der Waals surface area contributed by atoms with Crippen molar-refractivity contribution in [3.05, 3.63) is 34.4 Å². The summed E-state index contributed by atoms with van der Waals surface area (Å²) >= 11 is 0. The van der Waals surface area contributed by atoms with Gasteiger partial charge in [-0.2, -0.15) is 0 Å². The number of terminal acetylenes is 1. The second-order valence-electron chi connectivity index (χ2n) is 3.51. The Labute approximate surface area is 81.0 Å². The average Bonchev–Trinajstić information content (AvgIpc) is 2.12. The van der Waals surface area contributed by atoms with Crippen LogP contribution in [0.2, 0.25) is 0 Å². The molecule has 0 aromatic heterocycles. The van der Waals surface area contributed by atoms with Crippen LogP contribution in [-0.2, 0) is 6.42 Å². The number of rotatable bonds is 2. The van der Waals surface area contributed by atoms with Crippen LogP contribution in [0.25, 0.3) is 0 Å². The van der Waals surface area contributed by atoms with Crippen LogP contribution in [0, 0.1) is 33.1 Å². The molecule has 1 rings (SSSR count). The first-order valence-electron chi connectivity index (χ1n) is 4.66. The summed E-state index contributed by atoms with van der Waals surface area (Å²) in [7, 11) is 0. The van der Waals surface area contributed by atoms with Gasteiger partial charge >= 0.3 is 0 Å². The third kappa shape index (κ3) is 2.12. The zero-order chi connectivity index (χ0) is 9.84. The van der Waals surface area contributed by atoms with Crippen LogP contribution in [-0.4, -0.2) is 0 Å². The Morgan fingerprint density at radius 3 is 2.38 bits per heavy atom. The van der Waals surface area contributed by atoms with Gasteiger partial charge in [-0.05, 0) is 49.4 Å². The predicted octanol–water partition coefficient (Wildman–Crippen LogP) is 3.18. The van der Waals surface area contributed by atoms with Crippen molar-refractivity contribution in [2.24, 2.45) is 0 Å². The summed E-state index contributed by atoms with van der Waals surface area (Å²) in [4.78, 5) is 0.